The highest BCUT2D eigenvalue weighted by atomic mass is 16.7. The molecule has 8 heteroatoms. The Labute approximate surface area is 319 Å². The lowest BCUT2D eigenvalue weighted by atomic mass is 9.94. The van der Waals surface area contributed by atoms with E-state index < -0.39 is 24.5 Å². The Morgan fingerprint density at radius 1 is 0.741 bits per heavy atom. The maximum atomic E-state index is 15.5. The Kier molecular flexibility index (Phi) is 12.0. The molecule has 0 radical (unpaired) electrons. The van der Waals surface area contributed by atoms with E-state index in [0.717, 1.165) is 44.2 Å². The van der Waals surface area contributed by atoms with Crippen LogP contribution in [-0.4, -0.2) is 70.6 Å². The standard InChI is InChI=1S/C46H52N2O6/c1-7-52-44(53-8-2)31(3)47(29-34-18-15-17-33-16-9-10-19-36(33)34)43(49)42(28-32-24-26-35(27-25-32)54-46(4,5)6)48(45(50)51)30-41-39-22-13-11-20-37(39)38-21-12-14-23-40(38)41/h9-27,31,41-42,44H,7-8,28-30H2,1-6H3,(H,50,51)/t31-,42-/m0/s1. The monoisotopic (exact) mass is 728 g/mol. The number of nitrogens with zero attached hydrogens (tertiary/aromatic N) is 2. The molecule has 2 amide bonds. The van der Waals surface area contributed by atoms with Crippen molar-refractivity contribution in [3.8, 4) is 16.9 Å². The summed E-state index contributed by atoms with van der Waals surface area (Å²) in [4.78, 5) is 32.2. The Bertz CT molecular complexity index is 2000. The normalized spacial score (nSPS) is 13.7. The maximum absolute atomic E-state index is 15.5. The lowest BCUT2D eigenvalue weighted by Gasteiger charge is -2.39. The topological polar surface area (TPSA) is 88.5 Å². The molecule has 2 atom stereocenters. The summed E-state index contributed by atoms with van der Waals surface area (Å²) >= 11 is 0. The van der Waals surface area contributed by atoms with Gasteiger partial charge in [0, 0.05) is 38.6 Å². The number of ether oxygens (including phenoxy) is 3. The predicted molar refractivity (Wildman–Crippen MR) is 214 cm³/mol. The van der Waals surface area contributed by atoms with Gasteiger partial charge in [0.25, 0.3) is 0 Å². The zero-order valence-electron chi connectivity index (χ0n) is 32.2. The Morgan fingerprint density at radius 3 is 1.91 bits per heavy atom. The number of fused-ring (bicyclic) bond motifs is 4. The van der Waals surface area contributed by atoms with Crippen LogP contribution >= 0.6 is 0 Å². The van der Waals surface area contributed by atoms with Gasteiger partial charge < -0.3 is 24.2 Å². The molecule has 282 valence electrons. The van der Waals surface area contributed by atoms with Crippen molar-refractivity contribution in [1.82, 2.24) is 9.80 Å². The quantitative estimate of drug-likeness (QED) is 0.108. The number of rotatable bonds is 15. The third kappa shape index (κ3) is 8.61. The van der Waals surface area contributed by atoms with Gasteiger partial charge in [0.1, 0.15) is 17.4 Å². The number of hydrogen-bond donors (Lipinski definition) is 1. The molecule has 0 aliphatic heterocycles. The average molecular weight is 729 g/mol. The summed E-state index contributed by atoms with van der Waals surface area (Å²) in [5, 5.41) is 13.2. The van der Waals surface area contributed by atoms with E-state index >= 15 is 4.79 Å². The molecule has 54 heavy (non-hydrogen) atoms. The number of amides is 2. The van der Waals surface area contributed by atoms with Gasteiger partial charge in [-0.25, -0.2) is 4.79 Å². The van der Waals surface area contributed by atoms with E-state index in [2.05, 4.69) is 42.5 Å². The second kappa shape index (κ2) is 16.9. The minimum atomic E-state index is -1.16. The van der Waals surface area contributed by atoms with Crippen LogP contribution in [0.25, 0.3) is 21.9 Å². The molecule has 0 fully saturated rings. The SMILES string of the molecule is CCOC(OCC)[C@H](C)N(Cc1cccc2ccccc12)C(=O)[C@H](Cc1ccc(OC(C)(C)C)cc1)N(CC1c2ccccc2-c2ccccc21)C(=O)O. The van der Waals surface area contributed by atoms with E-state index in [9.17, 15) is 9.90 Å². The Balaban J connectivity index is 1.45. The van der Waals surface area contributed by atoms with Gasteiger partial charge in [-0.3, -0.25) is 9.69 Å². The van der Waals surface area contributed by atoms with Crippen LogP contribution in [0.15, 0.2) is 115 Å². The smallest absolute Gasteiger partial charge is 0.408 e. The van der Waals surface area contributed by atoms with Gasteiger partial charge in [-0.05, 0) is 97.8 Å². The zero-order valence-corrected chi connectivity index (χ0v) is 32.2. The number of benzene rings is 5. The first-order valence-electron chi connectivity index (χ1n) is 18.9. The first-order chi connectivity index (χ1) is 26.0. The molecule has 0 aromatic heterocycles. The van der Waals surface area contributed by atoms with Gasteiger partial charge in [0.15, 0.2) is 6.29 Å². The van der Waals surface area contributed by atoms with E-state index in [4.69, 9.17) is 14.2 Å². The van der Waals surface area contributed by atoms with E-state index in [1.165, 1.54) is 4.90 Å². The van der Waals surface area contributed by atoms with Crippen LogP contribution in [-0.2, 0) is 27.2 Å². The fourth-order valence-corrected chi connectivity index (χ4v) is 7.62. The largest absolute Gasteiger partial charge is 0.488 e. The molecule has 0 spiro atoms. The fraction of sp³-hybridized carbons (Fsp3) is 0.348. The molecular weight excluding hydrogens is 677 g/mol. The molecule has 0 bridgehead atoms. The van der Waals surface area contributed by atoms with Crippen molar-refractivity contribution < 1.29 is 28.9 Å². The molecule has 0 heterocycles. The third-order valence-corrected chi connectivity index (χ3v) is 10.1. The van der Waals surface area contributed by atoms with Crippen molar-refractivity contribution in [2.24, 2.45) is 0 Å². The fourth-order valence-electron chi connectivity index (χ4n) is 7.62. The van der Waals surface area contributed by atoms with Crippen molar-refractivity contribution >= 4 is 22.8 Å². The Hall–Kier alpha value is -5.18. The molecule has 1 aliphatic rings. The highest BCUT2D eigenvalue weighted by molar-refractivity contribution is 5.89. The van der Waals surface area contributed by atoms with Gasteiger partial charge >= 0.3 is 6.09 Å². The van der Waals surface area contributed by atoms with Gasteiger partial charge in [0.05, 0.1) is 6.04 Å². The van der Waals surface area contributed by atoms with Gasteiger partial charge in [-0.15, -0.1) is 0 Å². The number of carbonyl (C=O) groups excluding carboxylic acids is 1. The van der Waals surface area contributed by atoms with Crippen molar-refractivity contribution in [2.75, 3.05) is 19.8 Å². The number of carboxylic acid groups (broad SMARTS) is 1. The van der Waals surface area contributed by atoms with Crippen molar-refractivity contribution in [3.63, 3.8) is 0 Å². The lowest BCUT2D eigenvalue weighted by molar-refractivity contribution is -0.180. The first kappa shape index (κ1) is 38.5. The summed E-state index contributed by atoms with van der Waals surface area (Å²) in [6.45, 7) is 12.8. The van der Waals surface area contributed by atoms with Crippen LogP contribution in [0.4, 0.5) is 4.79 Å². The molecule has 5 aromatic carbocycles. The van der Waals surface area contributed by atoms with E-state index in [1.54, 1.807) is 4.90 Å². The molecule has 1 aliphatic carbocycles. The summed E-state index contributed by atoms with van der Waals surface area (Å²) in [6, 6.07) is 36.4. The third-order valence-electron chi connectivity index (χ3n) is 10.1. The lowest BCUT2D eigenvalue weighted by Crippen LogP contribution is -2.56. The van der Waals surface area contributed by atoms with Gasteiger partial charge in [-0.1, -0.05) is 103 Å². The van der Waals surface area contributed by atoms with E-state index in [1.807, 2.05) is 114 Å². The zero-order chi connectivity index (χ0) is 38.4. The van der Waals surface area contributed by atoms with Crippen LogP contribution in [0, 0.1) is 0 Å². The Morgan fingerprint density at radius 2 is 1.31 bits per heavy atom. The second-order valence-electron chi connectivity index (χ2n) is 14.9. The van der Waals surface area contributed by atoms with Crippen molar-refractivity contribution in [2.45, 2.75) is 84.4 Å². The van der Waals surface area contributed by atoms with Gasteiger partial charge in [0.2, 0.25) is 5.91 Å². The minimum absolute atomic E-state index is 0.0990. The summed E-state index contributed by atoms with van der Waals surface area (Å²) < 4.78 is 18.3. The molecule has 0 saturated heterocycles. The van der Waals surface area contributed by atoms with E-state index in [0.29, 0.717) is 19.0 Å². The number of carbonyl (C=O) groups is 2. The van der Waals surface area contributed by atoms with Crippen molar-refractivity contribution in [3.05, 3.63) is 138 Å². The average Bonchev–Trinajstić information content (AvgIpc) is 3.47. The molecule has 6 rings (SSSR count). The van der Waals surface area contributed by atoms with Crippen LogP contribution < -0.4 is 4.74 Å². The molecular formula is C46H52N2O6. The van der Waals surface area contributed by atoms with E-state index in [-0.39, 0.29) is 36.9 Å². The second-order valence-corrected chi connectivity index (χ2v) is 14.9. The molecule has 1 N–H and O–H groups in total. The van der Waals surface area contributed by atoms with Crippen molar-refractivity contribution in [1.29, 1.82) is 0 Å². The molecule has 5 aromatic rings. The highest BCUT2D eigenvalue weighted by Crippen LogP contribution is 2.45. The van der Waals surface area contributed by atoms with Crippen LogP contribution in [0.1, 0.15) is 69.7 Å². The number of hydrogen-bond acceptors (Lipinski definition) is 5. The first-order valence-corrected chi connectivity index (χ1v) is 18.9. The van der Waals surface area contributed by atoms with Gasteiger partial charge in [-0.2, -0.15) is 0 Å². The molecule has 8 nitrogen and oxygen atoms in total. The highest BCUT2D eigenvalue weighted by Gasteiger charge is 2.40. The van der Waals surface area contributed by atoms with Crippen LogP contribution in [0.2, 0.25) is 0 Å². The van der Waals surface area contributed by atoms with Crippen LogP contribution in [0.5, 0.6) is 5.75 Å². The maximum Gasteiger partial charge on any atom is 0.408 e. The minimum Gasteiger partial charge on any atom is -0.488 e. The summed E-state index contributed by atoms with van der Waals surface area (Å²) in [5.41, 5.74) is 5.65. The molecule has 0 unspecified atom stereocenters. The summed E-state index contributed by atoms with van der Waals surface area (Å²) in [7, 11) is 0. The predicted octanol–water partition coefficient (Wildman–Crippen LogP) is 9.54. The summed E-state index contributed by atoms with van der Waals surface area (Å²) in [6.07, 6.45) is -1.73. The van der Waals surface area contributed by atoms with Crippen LogP contribution in [0.3, 0.4) is 0 Å². The molecule has 0 saturated carbocycles. The summed E-state index contributed by atoms with van der Waals surface area (Å²) in [5.74, 6) is 0.123.